The molecule has 4 heterocycles. The number of alkyl halides is 3. The van der Waals surface area contributed by atoms with Gasteiger partial charge in [-0.15, -0.1) is 0 Å². The topological polar surface area (TPSA) is 89.6 Å². The molecule has 1 aliphatic carbocycles. The van der Waals surface area contributed by atoms with Gasteiger partial charge in [0.2, 0.25) is 5.95 Å². The summed E-state index contributed by atoms with van der Waals surface area (Å²) < 4.78 is 53.1. The standard InChI is InChI=1S/C22H27F3N6O2/c23-22(24,25)16-11-18(26)27-13-15(16)17-12-19(29-20(28-17)30-5-8-32-9-6-30)31-7-10-33-21(14-31)3-1-2-4-21/h11-13H,1-10,14H2,(H2,26,27). The first-order valence-electron chi connectivity index (χ1n) is 11.3. The number of halogens is 3. The zero-order chi connectivity index (χ0) is 23.1. The summed E-state index contributed by atoms with van der Waals surface area (Å²) in [6.45, 7) is 4.01. The second-order valence-corrected chi connectivity index (χ2v) is 8.82. The SMILES string of the molecule is Nc1cc(C(F)(F)F)c(-c2cc(N3CCOC4(CCCC4)C3)nc(N3CCOCC3)n2)cn1. The normalized spacial score (nSPS) is 21.1. The summed E-state index contributed by atoms with van der Waals surface area (Å²) in [6, 6.07) is 2.48. The van der Waals surface area contributed by atoms with Crippen LogP contribution in [0.1, 0.15) is 31.2 Å². The molecule has 0 unspecified atom stereocenters. The number of nitrogens with zero attached hydrogens (tertiary/aromatic N) is 5. The maximum Gasteiger partial charge on any atom is 0.417 e. The van der Waals surface area contributed by atoms with Crippen molar-refractivity contribution in [3.8, 4) is 11.3 Å². The van der Waals surface area contributed by atoms with Crippen molar-refractivity contribution in [1.29, 1.82) is 0 Å². The molecule has 2 N–H and O–H groups in total. The van der Waals surface area contributed by atoms with E-state index in [4.69, 9.17) is 20.2 Å². The molecular formula is C22H27F3N6O2. The lowest BCUT2D eigenvalue weighted by Crippen LogP contribution is -2.50. The fourth-order valence-electron chi connectivity index (χ4n) is 4.90. The van der Waals surface area contributed by atoms with Crippen LogP contribution < -0.4 is 15.5 Å². The van der Waals surface area contributed by atoms with Gasteiger partial charge >= 0.3 is 6.18 Å². The summed E-state index contributed by atoms with van der Waals surface area (Å²) in [7, 11) is 0. The summed E-state index contributed by atoms with van der Waals surface area (Å²) in [6.07, 6.45) is 0.756. The molecule has 3 aliphatic rings. The maximum absolute atomic E-state index is 13.8. The molecule has 1 spiro atoms. The average molecular weight is 464 g/mol. The molecule has 2 aliphatic heterocycles. The Bertz CT molecular complexity index is 1010. The molecule has 8 nitrogen and oxygen atoms in total. The van der Waals surface area contributed by atoms with Crippen molar-refractivity contribution in [3.05, 3.63) is 23.9 Å². The number of morpholine rings is 2. The zero-order valence-corrected chi connectivity index (χ0v) is 18.3. The number of hydrogen-bond acceptors (Lipinski definition) is 8. The number of nitrogens with two attached hydrogens (primary N) is 1. The first kappa shape index (κ1) is 22.1. The molecular weight excluding hydrogens is 437 g/mol. The van der Waals surface area contributed by atoms with Gasteiger partial charge in [0.1, 0.15) is 11.6 Å². The van der Waals surface area contributed by atoms with Gasteiger partial charge < -0.3 is 25.0 Å². The Kier molecular flexibility index (Phi) is 5.77. The minimum absolute atomic E-state index is 0.112. The predicted octanol–water partition coefficient (Wildman–Crippen LogP) is 3.13. The highest BCUT2D eigenvalue weighted by molar-refractivity contribution is 5.69. The Morgan fingerprint density at radius 2 is 1.70 bits per heavy atom. The summed E-state index contributed by atoms with van der Waals surface area (Å²) >= 11 is 0. The van der Waals surface area contributed by atoms with E-state index in [1.54, 1.807) is 6.07 Å². The number of nitrogen functional groups attached to an aromatic ring is 1. The summed E-state index contributed by atoms with van der Waals surface area (Å²) in [5.74, 6) is 0.800. The molecule has 11 heteroatoms. The molecule has 33 heavy (non-hydrogen) atoms. The van der Waals surface area contributed by atoms with Gasteiger partial charge in [0, 0.05) is 44.0 Å². The molecule has 0 amide bonds. The molecule has 2 saturated heterocycles. The fraction of sp³-hybridized carbons (Fsp3) is 0.591. The van der Waals surface area contributed by atoms with Crippen LogP contribution in [0.5, 0.6) is 0 Å². The molecule has 0 bridgehead atoms. The van der Waals surface area contributed by atoms with Crippen LogP contribution in [0, 0.1) is 0 Å². The highest BCUT2D eigenvalue weighted by atomic mass is 19.4. The molecule has 5 rings (SSSR count). The Labute approximate surface area is 189 Å². The fourth-order valence-corrected chi connectivity index (χ4v) is 4.90. The van der Waals surface area contributed by atoms with Crippen molar-refractivity contribution in [2.75, 3.05) is 61.5 Å². The molecule has 2 aromatic heterocycles. The van der Waals surface area contributed by atoms with Gasteiger partial charge in [0.25, 0.3) is 0 Å². The van der Waals surface area contributed by atoms with Crippen molar-refractivity contribution < 1.29 is 22.6 Å². The monoisotopic (exact) mass is 464 g/mol. The van der Waals surface area contributed by atoms with Crippen LogP contribution in [0.2, 0.25) is 0 Å². The Morgan fingerprint density at radius 1 is 0.970 bits per heavy atom. The first-order valence-corrected chi connectivity index (χ1v) is 11.3. The zero-order valence-electron chi connectivity index (χ0n) is 18.3. The number of ether oxygens (including phenoxy) is 2. The van der Waals surface area contributed by atoms with Gasteiger partial charge in [-0.25, -0.2) is 9.97 Å². The number of hydrogen-bond donors (Lipinski definition) is 1. The van der Waals surface area contributed by atoms with Gasteiger partial charge in [-0.1, -0.05) is 12.8 Å². The molecule has 2 aromatic rings. The van der Waals surface area contributed by atoms with E-state index in [0.717, 1.165) is 37.9 Å². The minimum Gasteiger partial charge on any atom is -0.384 e. The van der Waals surface area contributed by atoms with Gasteiger partial charge in [-0.3, -0.25) is 0 Å². The van der Waals surface area contributed by atoms with Gasteiger partial charge in [0.15, 0.2) is 0 Å². The Morgan fingerprint density at radius 3 is 2.42 bits per heavy atom. The van der Waals surface area contributed by atoms with Crippen molar-refractivity contribution in [1.82, 2.24) is 15.0 Å². The second kappa shape index (κ2) is 8.60. The molecule has 0 radical (unpaired) electrons. The highest BCUT2D eigenvalue weighted by Crippen LogP contribution is 2.40. The van der Waals surface area contributed by atoms with E-state index >= 15 is 0 Å². The number of anilines is 3. The van der Waals surface area contributed by atoms with Gasteiger partial charge in [-0.2, -0.15) is 18.2 Å². The van der Waals surface area contributed by atoms with Crippen LogP contribution in [0.25, 0.3) is 11.3 Å². The van der Waals surface area contributed by atoms with E-state index in [2.05, 4.69) is 14.9 Å². The largest absolute Gasteiger partial charge is 0.417 e. The van der Waals surface area contributed by atoms with Crippen LogP contribution in [0.4, 0.5) is 30.8 Å². The number of rotatable bonds is 3. The predicted molar refractivity (Wildman–Crippen MR) is 117 cm³/mol. The third kappa shape index (κ3) is 4.56. The third-order valence-electron chi connectivity index (χ3n) is 6.59. The first-order chi connectivity index (χ1) is 15.8. The molecule has 1 saturated carbocycles. The van der Waals surface area contributed by atoms with E-state index in [1.807, 2.05) is 4.90 Å². The van der Waals surface area contributed by atoms with E-state index in [-0.39, 0.29) is 22.7 Å². The lowest BCUT2D eigenvalue weighted by atomic mass is 9.99. The van der Waals surface area contributed by atoms with Crippen molar-refractivity contribution in [3.63, 3.8) is 0 Å². The number of aromatic nitrogens is 3. The maximum atomic E-state index is 13.8. The van der Waals surface area contributed by atoms with Crippen molar-refractivity contribution in [2.45, 2.75) is 37.5 Å². The van der Waals surface area contributed by atoms with Gasteiger partial charge in [0.05, 0.1) is 36.7 Å². The van der Waals surface area contributed by atoms with Crippen LogP contribution in [0.3, 0.4) is 0 Å². The Balaban J connectivity index is 1.58. The Hall–Kier alpha value is -2.66. The van der Waals surface area contributed by atoms with Crippen molar-refractivity contribution >= 4 is 17.6 Å². The molecule has 178 valence electrons. The smallest absolute Gasteiger partial charge is 0.384 e. The lowest BCUT2D eigenvalue weighted by molar-refractivity contribution is -0.137. The van der Waals surface area contributed by atoms with Crippen LogP contribution in [-0.4, -0.2) is 66.6 Å². The van der Waals surface area contributed by atoms with Crippen molar-refractivity contribution in [2.24, 2.45) is 0 Å². The molecule has 0 atom stereocenters. The lowest BCUT2D eigenvalue weighted by Gasteiger charge is -2.41. The minimum atomic E-state index is -4.59. The average Bonchev–Trinajstić information content (AvgIpc) is 3.26. The van der Waals surface area contributed by atoms with Crippen LogP contribution >= 0.6 is 0 Å². The third-order valence-corrected chi connectivity index (χ3v) is 6.59. The van der Waals surface area contributed by atoms with E-state index in [9.17, 15) is 13.2 Å². The summed E-state index contributed by atoms with van der Waals surface area (Å²) in [4.78, 5) is 17.3. The summed E-state index contributed by atoms with van der Waals surface area (Å²) in [5, 5.41) is 0. The van der Waals surface area contributed by atoms with Crippen LogP contribution in [0.15, 0.2) is 18.3 Å². The number of pyridine rings is 1. The van der Waals surface area contributed by atoms with E-state index < -0.39 is 11.7 Å². The second-order valence-electron chi connectivity index (χ2n) is 8.82. The van der Waals surface area contributed by atoms with Crippen LogP contribution in [-0.2, 0) is 15.7 Å². The van der Waals surface area contributed by atoms with Gasteiger partial charge in [-0.05, 0) is 18.9 Å². The highest BCUT2D eigenvalue weighted by Gasteiger charge is 2.40. The summed E-state index contributed by atoms with van der Waals surface area (Å²) in [5.41, 5.74) is 4.57. The van der Waals surface area contributed by atoms with E-state index in [0.29, 0.717) is 57.8 Å². The molecule has 0 aromatic carbocycles. The molecule has 3 fully saturated rings. The van der Waals surface area contributed by atoms with E-state index in [1.165, 1.54) is 0 Å². The quantitative estimate of drug-likeness (QED) is 0.741.